The van der Waals surface area contributed by atoms with Crippen molar-refractivity contribution in [2.24, 2.45) is 0 Å². The number of methoxy groups -OCH3 is 1. The van der Waals surface area contributed by atoms with Gasteiger partial charge in [0.05, 0.1) is 7.11 Å². The van der Waals surface area contributed by atoms with Gasteiger partial charge in [-0.3, -0.25) is 0 Å². The van der Waals surface area contributed by atoms with Gasteiger partial charge in [0.25, 0.3) is 0 Å². The third-order valence-electron chi connectivity index (χ3n) is 3.64. The Labute approximate surface area is 166 Å². The van der Waals surface area contributed by atoms with Crippen molar-refractivity contribution in [3.8, 4) is 22.6 Å². The average Bonchev–Trinajstić information content (AvgIpc) is 2.64. The fraction of sp³-hybridized carbons (Fsp3) is 0.100. The van der Waals surface area contributed by atoms with E-state index in [9.17, 15) is 4.39 Å². The number of benzene rings is 3. The Kier molecular flexibility index (Phi) is 7.85. The van der Waals surface area contributed by atoms with E-state index in [0.717, 1.165) is 26.9 Å². The van der Waals surface area contributed by atoms with E-state index in [4.69, 9.17) is 14.8 Å². The molecule has 0 radical (unpaired) electrons. The largest absolute Gasteiger partial charge is 0.707 e. The molecule has 0 aliphatic carbocycles. The van der Waals surface area contributed by atoms with Crippen molar-refractivity contribution in [1.29, 1.82) is 0 Å². The van der Waals surface area contributed by atoms with Gasteiger partial charge in [-0.1, -0.05) is 46.3 Å². The van der Waals surface area contributed by atoms with Crippen molar-refractivity contribution >= 4 is 23.3 Å². The third kappa shape index (κ3) is 6.39. The van der Waals surface area contributed by atoms with Gasteiger partial charge in [-0.2, -0.15) is 0 Å². The standard InChI is InChI=1S/C13H10BrFO.C7H9BO3/c1-16-13-7-4-10(14)8-12(13)9-2-5-11(15)6-3-9;1-6-4-2-3-5-7(6)11-8(9)10/h2-8H,1H3;2-5,9-10H,1H3. The molecule has 2 N–H and O–H groups in total. The van der Waals surface area contributed by atoms with Crippen LogP contribution in [0.25, 0.3) is 11.1 Å². The number of aryl methyl sites for hydroxylation is 1. The number of hydrogen-bond donors (Lipinski definition) is 2. The van der Waals surface area contributed by atoms with Crippen molar-refractivity contribution in [2.75, 3.05) is 7.11 Å². The Hall–Kier alpha value is -2.35. The molecule has 0 aliphatic heterocycles. The molecule has 0 saturated heterocycles. The van der Waals surface area contributed by atoms with Crippen LogP contribution in [0.5, 0.6) is 11.5 Å². The minimum absolute atomic E-state index is 0.238. The van der Waals surface area contributed by atoms with Gasteiger partial charge < -0.3 is 19.4 Å². The van der Waals surface area contributed by atoms with Gasteiger partial charge in [0, 0.05) is 10.0 Å². The molecular formula is C20H19BBrFO4. The van der Waals surface area contributed by atoms with Gasteiger partial charge in [-0.05, 0) is 54.4 Å². The van der Waals surface area contributed by atoms with E-state index in [0.29, 0.717) is 5.75 Å². The van der Waals surface area contributed by atoms with Crippen LogP contribution in [0.3, 0.4) is 0 Å². The summed E-state index contributed by atoms with van der Waals surface area (Å²) in [6, 6.07) is 19.2. The predicted octanol–water partition coefficient (Wildman–Crippen LogP) is 4.61. The minimum atomic E-state index is -1.74. The summed E-state index contributed by atoms with van der Waals surface area (Å²) in [7, 11) is -0.118. The first kappa shape index (κ1) is 21.0. The van der Waals surface area contributed by atoms with Crippen LogP contribution in [0.15, 0.2) is 71.2 Å². The molecule has 0 saturated carbocycles. The summed E-state index contributed by atoms with van der Waals surface area (Å²) < 4.78 is 23.7. The van der Waals surface area contributed by atoms with Crippen LogP contribution in [0.1, 0.15) is 5.56 Å². The van der Waals surface area contributed by atoms with Crippen molar-refractivity contribution in [1.82, 2.24) is 0 Å². The van der Waals surface area contributed by atoms with Crippen LogP contribution in [0.4, 0.5) is 4.39 Å². The molecule has 140 valence electrons. The summed E-state index contributed by atoms with van der Waals surface area (Å²) in [5, 5.41) is 16.9. The van der Waals surface area contributed by atoms with E-state index < -0.39 is 7.32 Å². The van der Waals surface area contributed by atoms with Gasteiger partial charge in [0.15, 0.2) is 0 Å². The predicted molar refractivity (Wildman–Crippen MR) is 108 cm³/mol. The second kappa shape index (κ2) is 10.1. The lowest BCUT2D eigenvalue weighted by molar-refractivity contribution is 0.287. The Bertz CT molecular complexity index is 872. The average molecular weight is 433 g/mol. The maximum atomic E-state index is 12.8. The highest BCUT2D eigenvalue weighted by atomic mass is 79.9. The molecule has 0 bridgehead atoms. The lowest BCUT2D eigenvalue weighted by atomic mass is 10.0. The number of halogens is 2. The van der Waals surface area contributed by atoms with Gasteiger partial charge in [-0.15, -0.1) is 0 Å². The van der Waals surface area contributed by atoms with E-state index in [1.54, 1.807) is 31.4 Å². The summed E-state index contributed by atoms with van der Waals surface area (Å²) in [6.45, 7) is 1.83. The maximum absolute atomic E-state index is 12.8. The molecule has 0 aromatic heterocycles. The molecule has 0 fully saturated rings. The quantitative estimate of drug-likeness (QED) is 0.591. The lowest BCUT2D eigenvalue weighted by Crippen LogP contribution is -2.20. The monoisotopic (exact) mass is 432 g/mol. The first-order valence-corrected chi connectivity index (χ1v) is 8.88. The zero-order valence-corrected chi connectivity index (χ0v) is 16.5. The molecule has 0 atom stereocenters. The van der Waals surface area contributed by atoms with E-state index in [1.165, 1.54) is 12.1 Å². The summed E-state index contributed by atoms with van der Waals surface area (Å²) in [5.74, 6) is 1.02. The zero-order chi connectivity index (χ0) is 19.8. The van der Waals surface area contributed by atoms with Crippen molar-refractivity contribution in [2.45, 2.75) is 6.92 Å². The first-order valence-electron chi connectivity index (χ1n) is 8.08. The fourth-order valence-electron chi connectivity index (χ4n) is 2.34. The van der Waals surface area contributed by atoms with E-state index in [-0.39, 0.29) is 5.82 Å². The molecule has 27 heavy (non-hydrogen) atoms. The molecule has 0 aliphatic rings. The van der Waals surface area contributed by atoms with Crippen molar-refractivity contribution in [3.05, 3.63) is 82.6 Å². The van der Waals surface area contributed by atoms with Gasteiger partial charge in [0.2, 0.25) is 0 Å². The van der Waals surface area contributed by atoms with Crippen LogP contribution in [0.2, 0.25) is 0 Å². The van der Waals surface area contributed by atoms with Crippen LogP contribution in [-0.2, 0) is 0 Å². The molecule has 4 nitrogen and oxygen atoms in total. The van der Waals surface area contributed by atoms with Crippen LogP contribution in [-0.4, -0.2) is 24.5 Å². The SMILES string of the molecule is COc1ccc(Br)cc1-c1ccc(F)cc1.Cc1ccccc1OB(O)O. The number of ether oxygens (including phenoxy) is 1. The number of para-hydroxylation sites is 1. The smallest absolute Gasteiger partial charge is 0.512 e. The molecule has 0 unspecified atom stereocenters. The van der Waals surface area contributed by atoms with Gasteiger partial charge in [0.1, 0.15) is 17.3 Å². The molecule has 3 aromatic carbocycles. The topological polar surface area (TPSA) is 58.9 Å². The summed E-state index contributed by atoms with van der Waals surface area (Å²) in [6.07, 6.45) is 0. The van der Waals surface area contributed by atoms with Crippen molar-refractivity contribution < 1.29 is 23.8 Å². The van der Waals surface area contributed by atoms with E-state index in [2.05, 4.69) is 20.6 Å². The van der Waals surface area contributed by atoms with Crippen LogP contribution >= 0.6 is 15.9 Å². The van der Waals surface area contributed by atoms with Crippen LogP contribution < -0.4 is 9.39 Å². The molecule has 3 rings (SSSR count). The van der Waals surface area contributed by atoms with E-state index in [1.807, 2.05) is 37.3 Å². The minimum Gasteiger partial charge on any atom is -0.512 e. The highest BCUT2D eigenvalue weighted by Gasteiger charge is 2.11. The van der Waals surface area contributed by atoms with E-state index >= 15 is 0 Å². The molecular weight excluding hydrogens is 414 g/mol. The fourth-order valence-corrected chi connectivity index (χ4v) is 2.70. The van der Waals surface area contributed by atoms with Crippen molar-refractivity contribution in [3.63, 3.8) is 0 Å². The molecule has 0 heterocycles. The lowest BCUT2D eigenvalue weighted by Gasteiger charge is -2.09. The highest BCUT2D eigenvalue weighted by Crippen LogP contribution is 2.32. The summed E-state index contributed by atoms with van der Waals surface area (Å²) >= 11 is 3.41. The normalized spacial score (nSPS) is 9.85. The molecule has 3 aromatic rings. The third-order valence-corrected chi connectivity index (χ3v) is 4.14. The second-order valence-electron chi connectivity index (χ2n) is 5.56. The Balaban J connectivity index is 0.000000208. The number of rotatable bonds is 4. The molecule has 0 spiro atoms. The Morgan fingerprint density at radius 1 is 0.926 bits per heavy atom. The van der Waals surface area contributed by atoms with Crippen LogP contribution in [0, 0.1) is 12.7 Å². The molecule has 0 amide bonds. The zero-order valence-electron chi connectivity index (χ0n) is 14.9. The number of hydrogen-bond acceptors (Lipinski definition) is 4. The maximum Gasteiger partial charge on any atom is 0.707 e. The second-order valence-corrected chi connectivity index (χ2v) is 6.48. The first-order chi connectivity index (χ1) is 12.9. The summed E-state index contributed by atoms with van der Waals surface area (Å²) in [5.41, 5.74) is 2.75. The Morgan fingerprint density at radius 3 is 2.19 bits per heavy atom. The van der Waals surface area contributed by atoms with Gasteiger partial charge in [-0.25, -0.2) is 4.39 Å². The summed E-state index contributed by atoms with van der Waals surface area (Å²) in [4.78, 5) is 0. The van der Waals surface area contributed by atoms with Gasteiger partial charge >= 0.3 is 7.32 Å². The Morgan fingerprint density at radius 2 is 1.59 bits per heavy atom. The molecule has 7 heteroatoms. The highest BCUT2D eigenvalue weighted by molar-refractivity contribution is 9.10.